The SMILES string of the molecule is COc1cc(C)cc2cc3n(c12)CCNC3. The average Bonchev–Trinajstić information content (AvgIpc) is 2.65. The molecule has 0 saturated carbocycles. The number of nitrogens with zero attached hydrogens (tertiary/aromatic N) is 1. The number of nitrogens with one attached hydrogen (secondary N) is 1. The van der Waals surface area contributed by atoms with Crippen LogP contribution in [-0.2, 0) is 13.1 Å². The highest BCUT2D eigenvalue weighted by atomic mass is 16.5. The molecule has 2 aromatic rings. The lowest BCUT2D eigenvalue weighted by molar-refractivity contribution is 0.415. The summed E-state index contributed by atoms with van der Waals surface area (Å²) in [6, 6.07) is 6.60. The number of benzene rings is 1. The highest BCUT2D eigenvalue weighted by Crippen LogP contribution is 2.31. The minimum absolute atomic E-state index is 0.955. The molecule has 16 heavy (non-hydrogen) atoms. The molecule has 1 aliphatic heterocycles. The first-order valence-electron chi connectivity index (χ1n) is 5.67. The molecule has 1 aromatic heterocycles. The highest BCUT2D eigenvalue weighted by molar-refractivity contribution is 5.88. The molecule has 84 valence electrons. The van der Waals surface area contributed by atoms with E-state index in [1.54, 1.807) is 7.11 Å². The summed E-state index contributed by atoms with van der Waals surface area (Å²) in [7, 11) is 1.75. The molecule has 0 saturated heterocycles. The van der Waals surface area contributed by atoms with E-state index >= 15 is 0 Å². The first kappa shape index (κ1) is 9.73. The van der Waals surface area contributed by atoms with Crippen LogP contribution in [0.15, 0.2) is 18.2 Å². The number of hydrogen-bond donors (Lipinski definition) is 1. The van der Waals surface area contributed by atoms with E-state index in [9.17, 15) is 0 Å². The lowest BCUT2D eigenvalue weighted by atomic mass is 10.1. The number of aryl methyl sites for hydroxylation is 1. The van der Waals surface area contributed by atoms with Gasteiger partial charge < -0.3 is 14.6 Å². The van der Waals surface area contributed by atoms with Crippen LogP contribution in [0.25, 0.3) is 10.9 Å². The van der Waals surface area contributed by atoms with E-state index in [4.69, 9.17) is 4.74 Å². The third kappa shape index (κ3) is 1.32. The molecule has 0 bridgehead atoms. The first-order chi connectivity index (χ1) is 7.79. The van der Waals surface area contributed by atoms with Crippen molar-refractivity contribution in [1.82, 2.24) is 9.88 Å². The Balaban J connectivity index is 2.34. The number of rotatable bonds is 1. The summed E-state index contributed by atoms with van der Waals surface area (Å²) in [5.74, 6) is 0.989. The van der Waals surface area contributed by atoms with Gasteiger partial charge in [-0.15, -0.1) is 0 Å². The van der Waals surface area contributed by atoms with Gasteiger partial charge in [-0.05, 0) is 30.7 Å². The van der Waals surface area contributed by atoms with E-state index in [2.05, 4.69) is 35.0 Å². The van der Waals surface area contributed by atoms with Crippen LogP contribution in [0.2, 0.25) is 0 Å². The zero-order chi connectivity index (χ0) is 11.1. The highest BCUT2D eigenvalue weighted by Gasteiger charge is 2.15. The molecule has 3 heteroatoms. The van der Waals surface area contributed by atoms with E-state index in [1.165, 1.54) is 22.2 Å². The van der Waals surface area contributed by atoms with Crippen molar-refractivity contribution < 1.29 is 4.74 Å². The number of aromatic nitrogens is 1. The Morgan fingerprint density at radius 2 is 2.19 bits per heavy atom. The molecule has 3 nitrogen and oxygen atoms in total. The van der Waals surface area contributed by atoms with Crippen LogP contribution in [0.1, 0.15) is 11.3 Å². The summed E-state index contributed by atoms with van der Waals surface area (Å²) in [5.41, 5.74) is 3.84. The monoisotopic (exact) mass is 216 g/mol. The Hall–Kier alpha value is -1.48. The van der Waals surface area contributed by atoms with Crippen LogP contribution >= 0.6 is 0 Å². The smallest absolute Gasteiger partial charge is 0.143 e. The standard InChI is InChI=1S/C13H16N2O/c1-9-5-10-7-11-8-14-3-4-15(11)13(10)12(6-9)16-2/h5-7,14H,3-4,8H2,1-2H3. The molecule has 0 fully saturated rings. The summed E-state index contributed by atoms with van der Waals surface area (Å²) in [6.07, 6.45) is 0. The minimum Gasteiger partial charge on any atom is -0.495 e. The van der Waals surface area contributed by atoms with Gasteiger partial charge in [0.25, 0.3) is 0 Å². The van der Waals surface area contributed by atoms with Gasteiger partial charge in [-0.2, -0.15) is 0 Å². The lowest BCUT2D eigenvalue weighted by Gasteiger charge is -2.18. The Bertz CT molecular complexity index is 542. The van der Waals surface area contributed by atoms with Gasteiger partial charge in [0, 0.05) is 30.7 Å². The number of methoxy groups -OCH3 is 1. The second kappa shape index (κ2) is 3.52. The molecule has 1 aromatic carbocycles. The van der Waals surface area contributed by atoms with Crippen LogP contribution < -0.4 is 10.1 Å². The molecule has 1 N–H and O–H groups in total. The fourth-order valence-corrected chi connectivity index (χ4v) is 2.54. The van der Waals surface area contributed by atoms with Gasteiger partial charge >= 0.3 is 0 Å². The van der Waals surface area contributed by atoms with Gasteiger partial charge in [-0.25, -0.2) is 0 Å². The quantitative estimate of drug-likeness (QED) is 0.789. The molecule has 0 radical (unpaired) electrons. The van der Waals surface area contributed by atoms with Crippen molar-refractivity contribution in [2.24, 2.45) is 0 Å². The van der Waals surface area contributed by atoms with Crippen molar-refractivity contribution in [3.05, 3.63) is 29.5 Å². The Morgan fingerprint density at radius 3 is 3.00 bits per heavy atom. The normalized spacial score (nSPS) is 15.1. The molecule has 1 aliphatic rings. The summed E-state index contributed by atoms with van der Waals surface area (Å²) >= 11 is 0. The number of hydrogen-bond acceptors (Lipinski definition) is 2. The molecule has 0 aliphatic carbocycles. The minimum atomic E-state index is 0.955. The Kier molecular flexibility index (Phi) is 2.14. The topological polar surface area (TPSA) is 26.2 Å². The van der Waals surface area contributed by atoms with Gasteiger partial charge in [0.05, 0.1) is 12.6 Å². The molecule has 0 unspecified atom stereocenters. The average molecular weight is 216 g/mol. The third-order valence-electron chi connectivity index (χ3n) is 3.23. The maximum atomic E-state index is 5.49. The molecule has 0 amide bonds. The van der Waals surface area contributed by atoms with Crippen LogP contribution in [0.5, 0.6) is 5.75 Å². The van der Waals surface area contributed by atoms with Gasteiger partial charge in [0.1, 0.15) is 5.75 Å². The molecule has 0 atom stereocenters. The predicted octanol–water partition coefficient (Wildman–Crippen LogP) is 2.06. The summed E-state index contributed by atoms with van der Waals surface area (Å²) in [4.78, 5) is 0. The molecular weight excluding hydrogens is 200 g/mol. The van der Waals surface area contributed by atoms with Crippen molar-refractivity contribution >= 4 is 10.9 Å². The lowest BCUT2D eigenvalue weighted by Crippen LogP contribution is -2.27. The van der Waals surface area contributed by atoms with Crippen LogP contribution in [-0.4, -0.2) is 18.2 Å². The van der Waals surface area contributed by atoms with Gasteiger partial charge in [-0.3, -0.25) is 0 Å². The third-order valence-corrected chi connectivity index (χ3v) is 3.23. The van der Waals surface area contributed by atoms with E-state index in [-0.39, 0.29) is 0 Å². The second-order valence-corrected chi connectivity index (χ2v) is 4.37. The molecular formula is C13H16N2O. The van der Waals surface area contributed by atoms with Gasteiger partial charge in [0.15, 0.2) is 0 Å². The van der Waals surface area contributed by atoms with Crippen molar-refractivity contribution in [2.75, 3.05) is 13.7 Å². The van der Waals surface area contributed by atoms with E-state index in [0.717, 1.165) is 25.4 Å². The van der Waals surface area contributed by atoms with Crippen LogP contribution in [0.4, 0.5) is 0 Å². The number of ether oxygens (including phenoxy) is 1. The number of fused-ring (bicyclic) bond motifs is 3. The van der Waals surface area contributed by atoms with E-state index < -0.39 is 0 Å². The predicted molar refractivity (Wildman–Crippen MR) is 64.9 cm³/mol. The van der Waals surface area contributed by atoms with Crippen LogP contribution in [0, 0.1) is 6.92 Å². The van der Waals surface area contributed by atoms with Crippen LogP contribution in [0.3, 0.4) is 0 Å². The molecule has 2 heterocycles. The summed E-state index contributed by atoms with van der Waals surface area (Å²) in [6.45, 7) is 5.12. The Morgan fingerprint density at radius 1 is 1.31 bits per heavy atom. The second-order valence-electron chi connectivity index (χ2n) is 4.37. The maximum Gasteiger partial charge on any atom is 0.143 e. The van der Waals surface area contributed by atoms with Gasteiger partial charge in [0.2, 0.25) is 0 Å². The van der Waals surface area contributed by atoms with Crippen molar-refractivity contribution in [3.63, 3.8) is 0 Å². The van der Waals surface area contributed by atoms with E-state index in [0.29, 0.717) is 0 Å². The first-order valence-corrected chi connectivity index (χ1v) is 5.67. The largest absolute Gasteiger partial charge is 0.495 e. The molecule has 0 spiro atoms. The van der Waals surface area contributed by atoms with Gasteiger partial charge in [-0.1, -0.05) is 0 Å². The summed E-state index contributed by atoms with van der Waals surface area (Å²) < 4.78 is 7.86. The van der Waals surface area contributed by atoms with E-state index in [1.807, 2.05) is 0 Å². The maximum absolute atomic E-state index is 5.49. The fraction of sp³-hybridized carbons (Fsp3) is 0.385. The van der Waals surface area contributed by atoms with Crippen molar-refractivity contribution in [3.8, 4) is 5.75 Å². The fourth-order valence-electron chi connectivity index (χ4n) is 2.54. The Labute approximate surface area is 95.0 Å². The molecule has 3 rings (SSSR count). The zero-order valence-corrected chi connectivity index (χ0v) is 9.71. The van der Waals surface area contributed by atoms with Crippen molar-refractivity contribution in [2.45, 2.75) is 20.0 Å². The zero-order valence-electron chi connectivity index (χ0n) is 9.71. The summed E-state index contributed by atoms with van der Waals surface area (Å²) in [5, 5.41) is 4.68. The van der Waals surface area contributed by atoms with Crippen molar-refractivity contribution in [1.29, 1.82) is 0 Å².